The summed E-state index contributed by atoms with van der Waals surface area (Å²) in [4.78, 5) is 8.89. The van der Waals surface area contributed by atoms with Crippen LogP contribution in [-0.2, 0) is 0 Å². The summed E-state index contributed by atoms with van der Waals surface area (Å²) in [5, 5.41) is 16.2. The molecule has 0 radical (unpaired) electrons. The molecule has 2 aromatic heterocycles. The second-order valence-corrected chi connectivity index (χ2v) is 5.92. The van der Waals surface area contributed by atoms with Crippen LogP contribution in [0.5, 0.6) is 0 Å². The summed E-state index contributed by atoms with van der Waals surface area (Å²) in [6.07, 6.45) is 1.69. The summed E-state index contributed by atoms with van der Waals surface area (Å²) in [5.41, 5.74) is 4.66. The van der Waals surface area contributed by atoms with E-state index in [0.717, 1.165) is 28.2 Å². The van der Waals surface area contributed by atoms with Crippen LogP contribution in [0.25, 0.3) is 22.6 Å². The van der Waals surface area contributed by atoms with E-state index in [9.17, 15) is 0 Å². The third-order valence-electron chi connectivity index (χ3n) is 4.08. The van der Waals surface area contributed by atoms with Gasteiger partial charge in [-0.2, -0.15) is 5.26 Å². The van der Waals surface area contributed by atoms with Gasteiger partial charge in [-0.15, -0.1) is 0 Å². The van der Waals surface area contributed by atoms with Gasteiger partial charge in [-0.25, -0.2) is 9.97 Å². The van der Waals surface area contributed by atoms with Crippen LogP contribution < -0.4 is 5.32 Å². The largest absolute Gasteiger partial charge is 0.355 e. The summed E-state index contributed by atoms with van der Waals surface area (Å²) in [6.45, 7) is 1.89. The molecule has 0 aliphatic carbocycles. The Bertz CT molecular complexity index is 1110. The second kappa shape index (κ2) is 7.10. The smallest absolute Gasteiger partial charge is 0.227 e. The summed E-state index contributed by atoms with van der Waals surface area (Å²) in [6, 6.07) is 20.8. The van der Waals surface area contributed by atoms with Gasteiger partial charge in [0.2, 0.25) is 5.95 Å². The number of hydrogen-bond donors (Lipinski definition) is 1. The Kier molecular flexibility index (Phi) is 4.33. The van der Waals surface area contributed by atoms with E-state index in [1.54, 1.807) is 18.3 Å². The average molecular weight is 353 g/mol. The van der Waals surface area contributed by atoms with E-state index in [0.29, 0.717) is 17.3 Å². The quantitative estimate of drug-likeness (QED) is 0.571. The van der Waals surface area contributed by atoms with E-state index in [1.165, 1.54) is 0 Å². The number of nitrogens with one attached hydrogen (secondary N) is 1. The number of nitrogens with zero attached hydrogens (tertiary/aromatic N) is 4. The monoisotopic (exact) mass is 353 g/mol. The zero-order chi connectivity index (χ0) is 18.6. The highest BCUT2D eigenvalue weighted by molar-refractivity contribution is 5.79. The molecule has 2 heterocycles. The van der Waals surface area contributed by atoms with Crippen molar-refractivity contribution in [1.82, 2.24) is 15.1 Å². The maximum absolute atomic E-state index is 8.90. The molecule has 0 fully saturated rings. The van der Waals surface area contributed by atoms with Crippen LogP contribution in [0.2, 0.25) is 0 Å². The summed E-state index contributed by atoms with van der Waals surface area (Å²) in [5.74, 6) is 1.13. The van der Waals surface area contributed by atoms with Crippen LogP contribution in [0.3, 0.4) is 0 Å². The molecule has 0 amide bonds. The minimum absolute atomic E-state index is 0.455. The van der Waals surface area contributed by atoms with Crippen molar-refractivity contribution in [3.05, 3.63) is 78.1 Å². The summed E-state index contributed by atoms with van der Waals surface area (Å²) in [7, 11) is 0. The van der Waals surface area contributed by atoms with Gasteiger partial charge in [-0.3, -0.25) is 0 Å². The van der Waals surface area contributed by atoms with Crippen LogP contribution in [0, 0.1) is 18.3 Å². The van der Waals surface area contributed by atoms with Gasteiger partial charge in [0.1, 0.15) is 0 Å². The topological polar surface area (TPSA) is 87.6 Å². The molecule has 130 valence electrons. The van der Waals surface area contributed by atoms with Gasteiger partial charge in [0.15, 0.2) is 5.76 Å². The lowest BCUT2D eigenvalue weighted by Gasteiger charge is -2.07. The molecule has 0 atom stereocenters. The molecule has 27 heavy (non-hydrogen) atoms. The van der Waals surface area contributed by atoms with Crippen LogP contribution >= 0.6 is 0 Å². The lowest BCUT2D eigenvalue weighted by Crippen LogP contribution is -1.98. The lowest BCUT2D eigenvalue weighted by atomic mass is 10.0. The van der Waals surface area contributed by atoms with Crippen molar-refractivity contribution in [2.45, 2.75) is 6.92 Å². The van der Waals surface area contributed by atoms with E-state index in [1.807, 2.05) is 55.5 Å². The third kappa shape index (κ3) is 3.39. The fourth-order valence-corrected chi connectivity index (χ4v) is 2.77. The number of hydrogen-bond acceptors (Lipinski definition) is 6. The van der Waals surface area contributed by atoms with Crippen LogP contribution in [-0.4, -0.2) is 15.1 Å². The highest BCUT2D eigenvalue weighted by Gasteiger charge is 2.18. The Morgan fingerprint density at radius 3 is 2.52 bits per heavy atom. The molecule has 4 aromatic rings. The zero-order valence-electron chi connectivity index (χ0n) is 14.5. The van der Waals surface area contributed by atoms with Crippen molar-refractivity contribution in [3.63, 3.8) is 0 Å². The van der Waals surface area contributed by atoms with Crippen molar-refractivity contribution in [1.29, 1.82) is 5.26 Å². The van der Waals surface area contributed by atoms with Crippen LogP contribution in [0.4, 0.5) is 11.6 Å². The summed E-state index contributed by atoms with van der Waals surface area (Å²) >= 11 is 0. The minimum Gasteiger partial charge on any atom is -0.355 e. The van der Waals surface area contributed by atoms with E-state index in [4.69, 9.17) is 9.78 Å². The van der Waals surface area contributed by atoms with Gasteiger partial charge in [0.05, 0.1) is 28.6 Å². The molecule has 0 saturated heterocycles. The van der Waals surface area contributed by atoms with Crippen molar-refractivity contribution in [2.24, 2.45) is 0 Å². The van der Waals surface area contributed by atoms with Gasteiger partial charge < -0.3 is 9.84 Å². The molecule has 0 aliphatic heterocycles. The standard InChI is InChI=1S/C21H15N5O/c1-14-19(20(27-26-14)16-5-3-2-4-6-16)18-11-12-23-21(25-18)24-17-9-7-15(13-22)8-10-17/h2-12H,1H3,(H,23,24,25). The second-order valence-electron chi connectivity index (χ2n) is 5.92. The molecule has 4 rings (SSSR count). The van der Waals surface area contributed by atoms with Crippen LogP contribution in [0.1, 0.15) is 11.3 Å². The maximum atomic E-state index is 8.90. The minimum atomic E-state index is 0.455. The number of nitriles is 1. The average Bonchev–Trinajstić information content (AvgIpc) is 3.11. The molecule has 6 heteroatoms. The predicted molar refractivity (Wildman–Crippen MR) is 102 cm³/mol. The highest BCUT2D eigenvalue weighted by atomic mass is 16.5. The Hall–Kier alpha value is -3.98. The zero-order valence-corrected chi connectivity index (χ0v) is 14.5. The maximum Gasteiger partial charge on any atom is 0.227 e. The molecule has 0 unspecified atom stereocenters. The van der Waals surface area contributed by atoms with Crippen LogP contribution in [0.15, 0.2) is 71.4 Å². The van der Waals surface area contributed by atoms with E-state index in [2.05, 4.69) is 26.5 Å². The number of rotatable bonds is 4. The Morgan fingerprint density at radius 2 is 1.78 bits per heavy atom. The number of benzene rings is 2. The predicted octanol–water partition coefficient (Wildman–Crippen LogP) is 4.72. The molecule has 1 N–H and O–H groups in total. The molecule has 6 nitrogen and oxygen atoms in total. The Morgan fingerprint density at radius 1 is 1.00 bits per heavy atom. The molecule has 0 bridgehead atoms. The van der Waals surface area contributed by atoms with Gasteiger partial charge >= 0.3 is 0 Å². The molecular formula is C21H15N5O. The SMILES string of the molecule is Cc1noc(-c2ccccc2)c1-c1ccnc(Nc2ccc(C#N)cc2)n1. The highest BCUT2D eigenvalue weighted by Crippen LogP contribution is 2.34. The van der Waals surface area contributed by atoms with Gasteiger partial charge in [-0.05, 0) is 37.3 Å². The molecule has 2 aromatic carbocycles. The first-order valence-corrected chi connectivity index (χ1v) is 8.37. The third-order valence-corrected chi connectivity index (χ3v) is 4.08. The fourth-order valence-electron chi connectivity index (χ4n) is 2.77. The number of aryl methyl sites for hydroxylation is 1. The molecule has 0 spiro atoms. The number of aromatic nitrogens is 3. The fraction of sp³-hybridized carbons (Fsp3) is 0.0476. The summed E-state index contributed by atoms with van der Waals surface area (Å²) < 4.78 is 5.56. The van der Waals surface area contributed by atoms with Crippen molar-refractivity contribution in [2.75, 3.05) is 5.32 Å². The molecule has 0 aliphatic rings. The van der Waals surface area contributed by atoms with E-state index in [-0.39, 0.29) is 0 Å². The Labute approximate surface area is 156 Å². The number of anilines is 2. The first-order valence-electron chi connectivity index (χ1n) is 8.37. The van der Waals surface area contributed by atoms with Crippen molar-refractivity contribution in [3.8, 4) is 28.7 Å². The van der Waals surface area contributed by atoms with Gasteiger partial charge in [0, 0.05) is 17.4 Å². The molecular weight excluding hydrogens is 338 g/mol. The van der Waals surface area contributed by atoms with Crippen molar-refractivity contribution < 1.29 is 4.52 Å². The normalized spacial score (nSPS) is 10.4. The lowest BCUT2D eigenvalue weighted by molar-refractivity contribution is 0.427. The van der Waals surface area contributed by atoms with Crippen molar-refractivity contribution >= 4 is 11.6 Å². The van der Waals surface area contributed by atoms with E-state index < -0.39 is 0 Å². The first-order chi connectivity index (χ1) is 13.2. The first kappa shape index (κ1) is 16.5. The molecule has 0 saturated carbocycles. The van der Waals surface area contributed by atoms with Gasteiger partial charge in [0.25, 0.3) is 0 Å². The van der Waals surface area contributed by atoms with Gasteiger partial charge in [-0.1, -0.05) is 35.5 Å². The van der Waals surface area contributed by atoms with E-state index >= 15 is 0 Å². The Balaban J connectivity index is 1.69.